The molecular weight excluding hydrogens is 487 g/mol. The number of halogens is 2. The van der Waals surface area contributed by atoms with Gasteiger partial charge in [0.2, 0.25) is 11.7 Å². The van der Waals surface area contributed by atoms with E-state index in [1.165, 1.54) is 13.8 Å². The third-order valence-electron chi connectivity index (χ3n) is 5.98. The number of hydrogen-bond acceptors (Lipinski definition) is 6. The van der Waals surface area contributed by atoms with Crippen LogP contribution in [0.5, 0.6) is 5.88 Å². The third kappa shape index (κ3) is 4.32. The number of benzene rings is 2. The highest BCUT2D eigenvalue weighted by atomic mass is 35.5. The Kier molecular flexibility index (Phi) is 5.89. The summed E-state index contributed by atoms with van der Waals surface area (Å²) in [5, 5.41) is 18.3. The Bertz CT molecular complexity index is 1410. The molecule has 0 bridgehead atoms. The van der Waals surface area contributed by atoms with Gasteiger partial charge in [-0.25, -0.2) is 4.98 Å². The van der Waals surface area contributed by atoms with Gasteiger partial charge in [0.1, 0.15) is 5.60 Å². The second-order valence-electron chi connectivity index (χ2n) is 8.93. The van der Waals surface area contributed by atoms with Crippen molar-refractivity contribution in [3.8, 4) is 39.5 Å². The first-order valence-electron chi connectivity index (χ1n) is 10.9. The van der Waals surface area contributed by atoms with Crippen molar-refractivity contribution in [2.45, 2.75) is 31.6 Å². The number of ether oxygens (including phenoxy) is 1. The van der Waals surface area contributed by atoms with Crippen LogP contribution in [0.1, 0.15) is 25.5 Å². The molecular formula is C26H22Cl2N4O3. The van der Waals surface area contributed by atoms with Crippen LogP contribution in [-0.4, -0.2) is 37.8 Å². The molecule has 2 aromatic carbocycles. The molecule has 178 valence electrons. The van der Waals surface area contributed by atoms with Crippen LogP contribution in [0, 0.1) is 0 Å². The van der Waals surface area contributed by atoms with Gasteiger partial charge >= 0.3 is 0 Å². The Balaban J connectivity index is 1.66. The average Bonchev–Trinajstić information content (AvgIpc) is 3.46. The predicted octanol–water partition coefficient (Wildman–Crippen LogP) is 5.21. The monoisotopic (exact) mass is 508 g/mol. The number of pyridine rings is 1. The van der Waals surface area contributed by atoms with Crippen molar-refractivity contribution in [1.82, 2.24) is 15.2 Å². The van der Waals surface area contributed by atoms with Gasteiger partial charge in [0.05, 0.1) is 22.5 Å². The minimum absolute atomic E-state index is 0.236. The molecule has 5 rings (SSSR count). The second-order valence-corrected chi connectivity index (χ2v) is 9.77. The van der Waals surface area contributed by atoms with E-state index in [2.05, 4.69) is 10.2 Å². The SMILES string of the molecule is CC(C)(O)C(=O)C1Oc2nc(-c3ccc(-c4cc[nH]n4)cc3Cl)c(-c3ccc(Cl)cc3)cc2C1N. The lowest BCUT2D eigenvalue weighted by atomic mass is 9.91. The Morgan fingerprint density at radius 3 is 2.40 bits per heavy atom. The van der Waals surface area contributed by atoms with Crippen LogP contribution < -0.4 is 10.5 Å². The summed E-state index contributed by atoms with van der Waals surface area (Å²) >= 11 is 12.8. The Hall–Kier alpha value is -3.23. The van der Waals surface area contributed by atoms with Crippen LogP contribution in [0.2, 0.25) is 10.0 Å². The van der Waals surface area contributed by atoms with E-state index in [9.17, 15) is 9.90 Å². The molecule has 0 radical (unpaired) electrons. The predicted molar refractivity (Wildman–Crippen MR) is 135 cm³/mol. The fraction of sp³-hybridized carbons (Fsp3) is 0.192. The number of aliphatic hydroxyl groups is 1. The van der Waals surface area contributed by atoms with Crippen molar-refractivity contribution >= 4 is 29.0 Å². The molecule has 2 aromatic heterocycles. The normalized spacial score (nSPS) is 17.2. The molecule has 0 saturated heterocycles. The highest BCUT2D eigenvalue weighted by Gasteiger charge is 2.44. The topological polar surface area (TPSA) is 114 Å². The van der Waals surface area contributed by atoms with Crippen LogP contribution >= 0.6 is 23.2 Å². The number of nitrogens with one attached hydrogen (secondary N) is 1. The zero-order valence-corrected chi connectivity index (χ0v) is 20.4. The van der Waals surface area contributed by atoms with Gasteiger partial charge in [0, 0.05) is 33.5 Å². The smallest absolute Gasteiger partial charge is 0.219 e. The number of Topliss-reactive ketones (excluding diaryl/α,β-unsaturated/α-hetero) is 1. The summed E-state index contributed by atoms with van der Waals surface area (Å²) < 4.78 is 5.88. The first-order chi connectivity index (χ1) is 16.6. The fourth-order valence-corrected chi connectivity index (χ4v) is 4.50. The van der Waals surface area contributed by atoms with Crippen molar-refractivity contribution in [1.29, 1.82) is 0 Å². The van der Waals surface area contributed by atoms with E-state index in [0.29, 0.717) is 26.9 Å². The van der Waals surface area contributed by atoms with E-state index in [1.54, 1.807) is 18.3 Å². The lowest BCUT2D eigenvalue weighted by Crippen LogP contribution is -2.45. The number of rotatable bonds is 5. The van der Waals surface area contributed by atoms with Crippen molar-refractivity contribution in [2.75, 3.05) is 0 Å². The van der Waals surface area contributed by atoms with Gasteiger partial charge in [0.15, 0.2) is 6.10 Å². The van der Waals surface area contributed by atoms with Crippen LogP contribution in [-0.2, 0) is 4.79 Å². The Morgan fingerprint density at radius 2 is 1.77 bits per heavy atom. The molecule has 1 aliphatic rings. The highest BCUT2D eigenvalue weighted by Crippen LogP contribution is 2.44. The zero-order chi connectivity index (χ0) is 24.9. The van der Waals surface area contributed by atoms with E-state index in [4.69, 9.17) is 38.7 Å². The molecule has 0 spiro atoms. The summed E-state index contributed by atoms with van der Waals surface area (Å²) in [4.78, 5) is 17.5. The summed E-state index contributed by atoms with van der Waals surface area (Å²) in [6.45, 7) is 2.82. The van der Waals surface area contributed by atoms with E-state index >= 15 is 0 Å². The maximum Gasteiger partial charge on any atom is 0.219 e. The summed E-state index contributed by atoms with van der Waals surface area (Å²) in [7, 11) is 0. The number of carbonyl (C=O) groups is 1. The largest absolute Gasteiger partial charge is 0.464 e. The van der Waals surface area contributed by atoms with Gasteiger partial charge in [-0.2, -0.15) is 5.10 Å². The summed E-state index contributed by atoms with van der Waals surface area (Å²) in [6.07, 6.45) is 0.687. The molecule has 2 unspecified atom stereocenters. The van der Waals surface area contributed by atoms with Crippen molar-refractivity contribution < 1.29 is 14.6 Å². The number of H-pyrrole nitrogens is 1. The number of hydrogen-bond donors (Lipinski definition) is 3. The zero-order valence-electron chi connectivity index (χ0n) is 18.9. The van der Waals surface area contributed by atoms with E-state index in [1.807, 2.05) is 42.5 Å². The number of nitrogens with zero attached hydrogens (tertiary/aromatic N) is 2. The van der Waals surface area contributed by atoms with Crippen LogP contribution in [0.25, 0.3) is 33.6 Å². The number of fused-ring (bicyclic) bond motifs is 1. The Morgan fingerprint density at radius 1 is 1.06 bits per heavy atom. The molecule has 7 nitrogen and oxygen atoms in total. The molecule has 0 amide bonds. The maximum atomic E-state index is 12.8. The van der Waals surface area contributed by atoms with E-state index in [0.717, 1.165) is 22.4 Å². The van der Waals surface area contributed by atoms with Gasteiger partial charge in [-0.1, -0.05) is 47.5 Å². The minimum atomic E-state index is -1.60. The summed E-state index contributed by atoms with van der Waals surface area (Å²) in [5.74, 6) is -0.278. The fourth-order valence-electron chi connectivity index (χ4n) is 4.11. The minimum Gasteiger partial charge on any atom is -0.464 e. The quantitative estimate of drug-likeness (QED) is 0.340. The number of aromatic nitrogens is 3. The lowest BCUT2D eigenvalue weighted by molar-refractivity contribution is -0.141. The molecule has 9 heteroatoms. The highest BCUT2D eigenvalue weighted by molar-refractivity contribution is 6.33. The van der Waals surface area contributed by atoms with Crippen LogP contribution in [0.4, 0.5) is 0 Å². The lowest BCUT2D eigenvalue weighted by Gasteiger charge is -2.22. The third-order valence-corrected chi connectivity index (χ3v) is 6.54. The van der Waals surface area contributed by atoms with Crippen molar-refractivity contribution in [3.63, 3.8) is 0 Å². The molecule has 1 aliphatic heterocycles. The molecule has 3 heterocycles. The van der Waals surface area contributed by atoms with E-state index < -0.39 is 23.5 Å². The van der Waals surface area contributed by atoms with Gasteiger partial charge in [-0.3, -0.25) is 9.89 Å². The van der Waals surface area contributed by atoms with Gasteiger partial charge < -0.3 is 15.6 Å². The number of carbonyl (C=O) groups excluding carboxylic acids is 1. The molecule has 4 aromatic rings. The number of ketones is 1. The molecule has 35 heavy (non-hydrogen) atoms. The molecule has 0 saturated carbocycles. The van der Waals surface area contributed by atoms with Crippen LogP contribution in [0.3, 0.4) is 0 Å². The first kappa shape index (κ1) is 23.5. The number of aromatic amines is 1. The second kappa shape index (κ2) is 8.77. The van der Waals surface area contributed by atoms with E-state index in [-0.39, 0.29) is 5.88 Å². The average molecular weight is 509 g/mol. The first-order valence-corrected chi connectivity index (χ1v) is 11.7. The van der Waals surface area contributed by atoms with Crippen molar-refractivity contribution in [3.05, 3.63) is 76.4 Å². The number of nitrogens with two attached hydrogens (primary N) is 1. The van der Waals surface area contributed by atoms with Crippen molar-refractivity contribution in [2.24, 2.45) is 5.73 Å². The molecule has 0 aliphatic carbocycles. The van der Waals surface area contributed by atoms with Gasteiger partial charge in [-0.05, 0) is 49.7 Å². The Labute approximate surface area is 211 Å². The van der Waals surface area contributed by atoms with Crippen LogP contribution in [0.15, 0.2) is 60.8 Å². The molecule has 0 fully saturated rings. The van der Waals surface area contributed by atoms with Gasteiger partial charge in [-0.15, -0.1) is 0 Å². The summed E-state index contributed by atoms with van der Waals surface area (Å²) in [5.41, 5.74) is 9.82. The molecule has 2 atom stereocenters. The maximum absolute atomic E-state index is 12.8. The summed E-state index contributed by atoms with van der Waals surface area (Å²) in [6, 6.07) is 15.9. The van der Waals surface area contributed by atoms with Gasteiger partial charge in [0.25, 0.3) is 0 Å². The molecule has 4 N–H and O–H groups in total. The standard InChI is InChI=1S/C26H22Cl2N4O3/c1-26(2,34)24(33)23-21(29)18-12-17(13-3-6-15(27)7-4-13)22(31-25(18)35-23)16-8-5-14(11-19(16)28)20-9-10-30-32-20/h3-12,21,23,34H,29H2,1-2H3,(H,30,32).